The normalized spacial score (nSPS) is 19.4. The molecule has 3 aliphatic rings. The zero-order chi connectivity index (χ0) is 23.2. The molecule has 0 radical (unpaired) electrons. The van der Waals surface area contributed by atoms with Crippen LogP contribution in [0.5, 0.6) is 0 Å². The van der Waals surface area contributed by atoms with E-state index in [0.29, 0.717) is 5.92 Å². The van der Waals surface area contributed by atoms with Crippen molar-refractivity contribution >= 4 is 6.08 Å². The third-order valence-electron chi connectivity index (χ3n) is 7.57. The second-order valence-corrected chi connectivity index (χ2v) is 9.90. The van der Waals surface area contributed by atoms with Crippen LogP contribution in [0.2, 0.25) is 0 Å². The lowest BCUT2D eigenvalue weighted by molar-refractivity contribution is -0.134. The molecule has 6 heteroatoms. The van der Waals surface area contributed by atoms with E-state index in [1.165, 1.54) is 27.9 Å². The van der Waals surface area contributed by atoms with E-state index < -0.39 is 12.6 Å². The van der Waals surface area contributed by atoms with Crippen molar-refractivity contribution < 1.29 is 13.2 Å². The zero-order valence-corrected chi connectivity index (χ0v) is 19.1. The number of rotatable bonds is 6. The number of nitrogens with zero attached hydrogens (tertiary/aromatic N) is 3. The van der Waals surface area contributed by atoms with Crippen LogP contribution in [-0.4, -0.2) is 28.7 Å². The lowest BCUT2D eigenvalue weighted by Crippen LogP contribution is -2.35. The summed E-state index contributed by atoms with van der Waals surface area (Å²) in [5, 5.41) is 9.23. The molecule has 0 atom stereocenters. The minimum Gasteiger partial charge on any atom is -0.345 e. The van der Waals surface area contributed by atoms with Crippen molar-refractivity contribution in [3.63, 3.8) is 0 Å². The fourth-order valence-electron chi connectivity index (χ4n) is 5.57. The van der Waals surface area contributed by atoms with Crippen LogP contribution in [0.4, 0.5) is 13.2 Å². The van der Waals surface area contributed by atoms with Crippen LogP contribution in [0.25, 0.3) is 6.08 Å². The quantitative estimate of drug-likeness (QED) is 0.502. The van der Waals surface area contributed by atoms with Gasteiger partial charge in [-0.2, -0.15) is 18.4 Å². The standard InChI is InChI=1S/C27H30F3N3/c1-18-22(5-4-21-14-19(16-31)15-25(18)21)17-32-12-9-24(10-13-32)33-23(8-11-27(28,29)30)6-7-26(33)20-2-3-20/h4-7,15,20,24H,2-3,8-14,17H2,1H3. The molecular formula is C27H30F3N3. The number of fused-ring (bicyclic) bond motifs is 1. The summed E-state index contributed by atoms with van der Waals surface area (Å²) in [4.78, 5) is 2.46. The van der Waals surface area contributed by atoms with E-state index in [9.17, 15) is 18.4 Å². The number of benzene rings is 1. The van der Waals surface area contributed by atoms with Gasteiger partial charge in [0.25, 0.3) is 0 Å². The average molecular weight is 454 g/mol. The van der Waals surface area contributed by atoms with Crippen LogP contribution < -0.4 is 0 Å². The number of piperidine rings is 1. The third-order valence-corrected chi connectivity index (χ3v) is 7.57. The molecule has 174 valence electrons. The number of nitriles is 1. The molecule has 2 aromatic rings. The van der Waals surface area contributed by atoms with Gasteiger partial charge in [0.2, 0.25) is 0 Å². The summed E-state index contributed by atoms with van der Waals surface area (Å²) in [6.45, 7) is 4.92. The van der Waals surface area contributed by atoms with Crippen LogP contribution in [0.1, 0.15) is 77.7 Å². The molecule has 2 aliphatic carbocycles. The summed E-state index contributed by atoms with van der Waals surface area (Å²) >= 11 is 0. The fraction of sp³-hybridized carbons (Fsp3) is 0.519. The molecule has 0 N–H and O–H groups in total. The first-order chi connectivity index (χ1) is 15.8. The monoisotopic (exact) mass is 453 g/mol. The number of aryl methyl sites for hydroxylation is 1. The zero-order valence-electron chi connectivity index (χ0n) is 19.1. The Hall–Kier alpha value is -2.52. The Morgan fingerprint density at radius 1 is 1.06 bits per heavy atom. The number of hydrogen-bond donors (Lipinski definition) is 0. The Bertz CT molecular complexity index is 1110. The van der Waals surface area contributed by atoms with E-state index in [2.05, 4.69) is 40.7 Å². The van der Waals surface area contributed by atoms with Gasteiger partial charge in [0, 0.05) is 55.5 Å². The van der Waals surface area contributed by atoms with E-state index in [-0.39, 0.29) is 12.5 Å². The van der Waals surface area contributed by atoms with E-state index >= 15 is 0 Å². The van der Waals surface area contributed by atoms with Crippen molar-refractivity contribution in [2.45, 2.75) is 76.6 Å². The van der Waals surface area contributed by atoms with Crippen molar-refractivity contribution in [2.24, 2.45) is 0 Å². The van der Waals surface area contributed by atoms with Gasteiger partial charge in [0.1, 0.15) is 0 Å². The van der Waals surface area contributed by atoms with Crippen LogP contribution in [0.3, 0.4) is 0 Å². The number of halogens is 3. The second-order valence-electron chi connectivity index (χ2n) is 9.90. The van der Waals surface area contributed by atoms with Crippen LogP contribution in [0, 0.1) is 18.3 Å². The maximum absolute atomic E-state index is 12.9. The predicted molar refractivity (Wildman–Crippen MR) is 123 cm³/mol. The van der Waals surface area contributed by atoms with Crippen molar-refractivity contribution in [3.8, 4) is 6.07 Å². The Kier molecular flexibility index (Phi) is 5.86. The van der Waals surface area contributed by atoms with Crippen molar-refractivity contribution in [2.75, 3.05) is 13.1 Å². The van der Waals surface area contributed by atoms with Gasteiger partial charge in [-0.25, -0.2) is 0 Å². The molecule has 5 rings (SSSR count). The Morgan fingerprint density at radius 3 is 2.48 bits per heavy atom. The topological polar surface area (TPSA) is 32.0 Å². The Morgan fingerprint density at radius 2 is 1.82 bits per heavy atom. The Labute approximate surface area is 193 Å². The van der Waals surface area contributed by atoms with Gasteiger partial charge in [-0.3, -0.25) is 4.90 Å². The Balaban J connectivity index is 1.27. The van der Waals surface area contributed by atoms with Gasteiger partial charge in [0.05, 0.1) is 6.07 Å². The summed E-state index contributed by atoms with van der Waals surface area (Å²) in [6.07, 6.45) is 2.20. The van der Waals surface area contributed by atoms with Crippen LogP contribution >= 0.6 is 0 Å². The molecule has 1 saturated heterocycles. The van der Waals surface area contributed by atoms with Crippen molar-refractivity contribution in [3.05, 3.63) is 63.5 Å². The second kappa shape index (κ2) is 8.68. The van der Waals surface area contributed by atoms with Crippen LogP contribution in [-0.2, 0) is 19.4 Å². The molecule has 1 aromatic carbocycles. The molecule has 1 aliphatic heterocycles. The minimum absolute atomic E-state index is 0.0724. The van der Waals surface area contributed by atoms with Gasteiger partial charge in [-0.15, -0.1) is 0 Å². The molecule has 0 bridgehead atoms. The molecular weight excluding hydrogens is 423 g/mol. The van der Waals surface area contributed by atoms with E-state index in [0.717, 1.165) is 63.0 Å². The summed E-state index contributed by atoms with van der Waals surface area (Å²) in [5.41, 5.74) is 7.92. The largest absolute Gasteiger partial charge is 0.389 e. The fourth-order valence-corrected chi connectivity index (χ4v) is 5.57. The van der Waals surface area contributed by atoms with Gasteiger partial charge in [0.15, 0.2) is 0 Å². The number of likely N-dealkylation sites (tertiary alicyclic amines) is 1. The third kappa shape index (κ3) is 4.75. The van der Waals surface area contributed by atoms with Crippen LogP contribution in [0.15, 0.2) is 29.8 Å². The summed E-state index contributed by atoms with van der Waals surface area (Å²) in [7, 11) is 0. The molecule has 2 fully saturated rings. The molecule has 0 amide bonds. The molecule has 0 spiro atoms. The smallest absolute Gasteiger partial charge is 0.345 e. The summed E-state index contributed by atoms with van der Waals surface area (Å²) < 4.78 is 40.9. The highest BCUT2D eigenvalue weighted by Gasteiger charge is 2.33. The highest BCUT2D eigenvalue weighted by Crippen LogP contribution is 2.43. The van der Waals surface area contributed by atoms with Gasteiger partial charge >= 0.3 is 6.18 Å². The van der Waals surface area contributed by atoms with Gasteiger partial charge < -0.3 is 4.57 Å². The lowest BCUT2D eigenvalue weighted by atomic mass is 9.97. The van der Waals surface area contributed by atoms with Crippen molar-refractivity contribution in [1.82, 2.24) is 9.47 Å². The average Bonchev–Trinajstić information content (AvgIpc) is 3.39. The number of aromatic nitrogens is 1. The summed E-state index contributed by atoms with van der Waals surface area (Å²) in [5.74, 6) is 0.531. The molecule has 1 aromatic heterocycles. The SMILES string of the molecule is Cc1c(CN2CCC(n3c(CCC(F)(F)F)ccc3C3CC3)CC2)ccc2c1C=C(C#N)C2. The van der Waals surface area contributed by atoms with Gasteiger partial charge in [-0.05, 0) is 85.4 Å². The molecule has 33 heavy (non-hydrogen) atoms. The molecule has 3 nitrogen and oxygen atoms in total. The van der Waals surface area contributed by atoms with E-state index in [1.54, 1.807) is 0 Å². The number of hydrogen-bond acceptors (Lipinski definition) is 2. The highest BCUT2D eigenvalue weighted by atomic mass is 19.4. The predicted octanol–water partition coefficient (Wildman–Crippen LogP) is 6.47. The minimum atomic E-state index is -4.12. The maximum Gasteiger partial charge on any atom is 0.389 e. The van der Waals surface area contributed by atoms with E-state index in [4.69, 9.17) is 0 Å². The number of alkyl halides is 3. The number of allylic oxidation sites excluding steroid dienone is 1. The first kappa shape index (κ1) is 22.3. The first-order valence-electron chi connectivity index (χ1n) is 12.0. The molecule has 0 unspecified atom stereocenters. The van der Waals surface area contributed by atoms with E-state index in [1.807, 2.05) is 12.1 Å². The molecule has 2 heterocycles. The summed E-state index contributed by atoms with van der Waals surface area (Å²) in [6, 6.07) is 10.9. The van der Waals surface area contributed by atoms with Gasteiger partial charge in [-0.1, -0.05) is 12.1 Å². The van der Waals surface area contributed by atoms with Crippen molar-refractivity contribution in [1.29, 1.82) is 5.26 Å². The maximum atomic E-state index is 12.9. The first-order valence-corrected chi connectivity index (χ1v) is 12.0. The highest BCUT2D eigenvalue weighted by molar-refractivity contribution is 5.70. The molecule has 1 saturated carbocycles. The lowest BCUT2D eigenvalue weighted by Gasteiger charge is -2.35.